The Balaban J connectivity index is 1.74. The highest BCUT2D eigenvalue weighted by atomic mass is 32.2. The number of carbonyl (C=O) groups excluding carboxylic acids is 2. The van der Waals surface area contributed by atoms with Crippen LogP contribution in [0.3, 0.4) is 0 Å². The molecule has 142 valence electrons. The van der Waals surface area contributed by atoms with Crippen molar-refractivity contribution in [2.45, 2.75) is 11.8 Å². The van der Waals surface area contributed by atoms with Crippen LogP contribution in [-0.4, -0.2) is 20.1 Å². The van der Waals surface area contributed by atoms with Crippen LogP contribution in [0.4, 0.5) is 11.4 Å². The Labute approximate surface area is 163 Å². The lowest BCUT2D eigenvalue weighted by Gasteiger charge is -2.09. The topological polar surface area (TPSA) is 92.3 Å². The fraction of sp³-hybridized carbons (Fsp3) is 0.0476. The highest BCUT2D eigenvalue weighted by Gasteiger charge is 2.15. The molecule has 0 heterocycles. The fourth-order valence-corrected chi connectivity index (χ4v) is 3.58. The van der Waals surface area contributed by atoms with Crippen LogP contribution in [0.2, 0.25) is 0 Å². The summed E-state index contributed by atoms with van der Waals surface area (Å²) in [4.78, 5) is 23.9. The monoisotopic (exact) mass is 394 g/mol. The van der Waals surface area contributed by atoms with E-state index in [2.05, 4.69) is 10.0 Å². The van der Waals surface area contributed by atoms with Gasteiger partial charge in [-0.25, -0.2) is 8.42 Å². The van der Waals surface area contributed by atoms with Crippen molar-refractivity contribution >= 4 is 33.1 Å². The fourth-order valence-electron chi connectivity index (χ4n) is 2.52. The van der Waals surface area contributed by atoms with Crippen LogP contribution in [0.15, 0.2) is 83.8 Å². The molecule has 0 fully saturated rings. The number of nitrogens with one attached hydrogen (secondary N) is 2. The number of sulfonamides is 1. The van der Waals surface area contributed by atoms with E-state index in [1.165, 1.54) is 31.2 Å². The molecule has 7 heteroatoms. The SMILES string of the molecule is CC(=O)c1cccc(NC(=O)c2ccc(S(=O)(=O)Nc3ccccc3)cc2)c1. The number of benzene rings is 3. The number of hydrogen-bond donors (Lipinski definition) is 2. The van der Waals surface area contributed by atoms with Crippen LogP contribution >= 0.6 is 0 Å². The number of rotatable bonds is 6. The number of carbonyl (C=O) groups is 2. The molecule has 3 aromatic rings. The van der Waals surface area contributed by atoms with E-state index in [9.17, 15) is 18.0 Å². The lowest BCUT2D eigenvalue weighted by atomic mass is 10.1. The minimum absolute atomic E-state index is 0.0477. The second-order valence-electron chi connectivity index (χ2n) is 6.09. The summed E-state index contributed by atoms with van der Waals surface area (Å²) in [6.45, 7) is 1.45. The molecule has 0 radical (unpaired) electrons. The molecule has 0 bridgehead atoms. The van der Waals surface area contributed by atoms with Gasteiger partial charge < -0.3 is 5.32 Å². The van der Waals surface area contributed by atoms with E-state index in [1.807, 2.05) is 0 Å². The average Bonchev–Trinajstić information content (AvgIpc) is 2.68. The molecular weight excluding hydrogens is 376 g/mol. The van der Waals surface area contributed by atoms with E-state index >= 15 is 0 Å². The number of amides is 1. The summed E-state index contributed by atoms with van der Waals surface area (Å²) in [6, 6.07) is 20.7. The standard InChI is InChI=1S/C21H18N2O4S/c1-15(24)17-6-5-9-19(14-17)22-21(25)16-10-12-20(13-11-16)28(26,27)23-18-7-3-2-4-8-18/h2-14,23H,1H3,(H,22,25). The molecule has 28 heavy (non-hydrogen) atoms. The van der Waals surface area contributed by atoms with Crippen molar-refractivity contribution in [1.82, 2.24) is 0 Å². The van der Waals surface area contributed by atoms with Crippen LogP contribution in [0.25, 0.3) is 0 Å². The predicted octanol–water partition coefficient (Wildman–Crippen LogP) is 3.94. The maximum absolute atomic E-state index is 12.4. The molecule has 0 unspecified atom stereocenters. The summed E-state index contributed by atoms with van der Waals surface area (Å²) >= 11 is 0. The van der Waals surface area contributed by atoms with Crippen molar-refractivity contribution in [3.63, 3.8) is 0 Å². The minimum atomic E-state index is -3.75. The van der Waals surface area contributed by atoms with Gasteiger partial charge in [-0.15, -0.1) is 0 Å². The molecule has 0 saturated heterocycles. The van der Waals surface area contributed by atoms with Crippen LogP contribution < -0.4 is 10.0 Å². The first-order valence-corrected chi connectivity index (χ1v) is 9.94. The van der Waals surface area contributed by atoms with Crippen molar-refractivity contribution in [2.75, 3.05) is 10.0 Å². The van der Waals surface area contributed by atoms with Crippen molar-refractivity contribution < 1.29 is 18.0 Å². The average molecular weight is 394 g/mol. The second-order valence-corrected chi connectivity index (χ2v) is 7.77. The summed E-state index contributed by atoms with van der Waals surface area (Å²) in [5.74, 6) is -0.503. The molecular formula is C21H18N2O4S. The van der Waals surface area contributed by atoms with Crippen molar-refractivity contribution in [2.24, 2.45) is 0 Å². The Morgan fingerprint density at radius 2 is 1.39 bits per heavy atom. The highest BCUT2D eigenvalue weighted by molar-refractivity contribution is 7.92. The van der Waals surface area contributed by atoms with E-state index in [-0.39, 0.29) is 10.7 Å². The first kappa shape index (κ1) is 19.3. The Bertz CT molecular complexity index is 1110. The Morgan fingerprint density at radius 3 is 2.04 bits per heavy atom. The zero-order chi connectivity index (χ0) is 20.1. The van der Waals surface area contributed by atoms with Gasteiger partial charge in [-0.2, -0.15) is 0 Å². The van der Waals surface area contributed by atoms with Gasteiger partial charge in [0.2, 0.25) is 0 Å². The molecule has 0 spiro atoms. The lowest BCUT2D eigenvalue weighted by Crippen LogP contribution is -2.15. The van der Waals surface area contributed by atoms with Crippen LogP contribution in [0.5, 0.6) is 0 Å². The summed E-state index contributed by atoms with van der Waals surface area (Å²) in [6.07, 6.45) is 0. The van der Waals surface area contributed by atoms with E-state index < -0.39 is 15.9 Å². The summed E-state index contributed by atoms with van der Waals surface area (Å²) in [7, 11) is -3.75. The predicted molar refractivity (Wildman–Crippen MR) is 108 cm³/mol. The molecule has 0 aromatic heterocycles. The quantitative estimate of drug-likeness (QED) is 0.620. The molecule has 3 aromatic carbocycles. The van der Waals surface area contributed by atoms with Gasteiger partial charge in [-0.05, 0) is 55.5 Å². The van der Waals surface area contributed by atoms with Crippen LogP contribution in [0, 0.1) is 0 Å². The maximum atomic E-state index is 12.4. The first-order chi connectivity index (χ1) is 13.3. The highest BCUT2D eigenvalue weighted by Crippen LogP contribution is 2.17. The molecule has 0 aliphatic rings. The van der Waals surface area contributed by atoms with Gasteiger partial charge in [0.05, 0.1) is 4.90 Å². The van der Waals surface area contributed by atoms with Gasteiger partial charge in [0.1, 0.15) is 0 Å². The second kappa shape index (κ2) is 8.06. The Morgan fingerprint density at radius 1 is 0.750 bits per heavy atom. The minimum Gasteiger partial charge on any atom is -0.322 e. The first-order valence-electron chi connectivity index (χ1n) is 8.45. The van der Waals surface area contributed by atoms with Gasteiger partial charge >= 0.3 is 0 Å². The largest absolute Gasteiger partial charge is 0.322 e. The molecule has 0 saturated carbocycles. The van der Waals surface area contributed by atoms with Gasteiger partial charge in [-0.1, -0.05) is 30.3 Å². The molecule has 6 nitrogen and oxygen atoms in total. The Hall–Kier alpha value is -3.45. The summed E-state index contributed by atoms with van der Waals surface area (Å²) in [5.41, 5.74) is 1.73. The van der Waals surface area contributed by atoms with Crippen molar-refractivity contribution in [1.29, 1.82) is 0 Å². The third-order valence-electron chi connectivity index (χ3n) is 3.98. The van der Waals surface area contributed by atoms with Crippen molar-refractivity contribution in [3.05, 3.63) is 90.0 Å². The maximum Gasteiger partial charge on any atom is 0.261 e. The zero-order valence-corrected chi connectivity index (χ0v) is 15.9. The van der Waals surface area contributed by atoms with E-state index in [0.29, 0.717) is 22.5 Å². The number of ketones is 1. The van der Waals surface area contributed by atoms with Crippen molar-refractivity contribution in [3.8, 4) is 0 Å². The summed E-state index contributed by atoms with van der Waals surface area (Å²) < 4.78 is 27.3. The third kappa shape index (κ3) is 4.63. The Kier molecular flexibility index (Phi) is 5.56. The number of Topliss-reactive ketones (excluding diaryl/α,β-unsaturated/α-hetero) is 1. The number of hydrogen-bond acceptors (Lipinski definition) is 4. The van der Waals surface area contributed by atoms with Gasteiger partial charge in [-0.3, -0.25) is 14.3 Å². The molecule has 0 aliphatic heterocycles. The van der Waals surface area contributed by atoms with Gasteiger partial charge in [0, 0.05) is 22.5 Å². The molecule has 0 aliphatic carbocycles. The molecule has 1 amide bonds. The van der Waals surface area contributed by atoms with Crippen LogP contribution in [-0.2, 0) is 10.0 Å². The molecule has 3 rings (SSSR count). The summed E-state index contributed by atoms with van der Waals surface area (Å²) in [5, 5.41) is 2.70. The van der Waals surface area contributed by atoms with Crippen LogP contribution in [0.1, 0.15) is 27.6 Å². The number of para-hydroxylation sites is 1. The number of anilines is 2. The van der Waals surface area contributed by atoms with Gasteiger partial charge in [0.15, 0.2) is 5.78 Å². The van der Waals surface area contributed by atoms with E-state index in [4.69, 9.17) is 0 Å². The normalized spacial score (nSPS) is 10.9. The molecule has 0 atom stereocenters. The zero-order valence-electron chi connectivity index (χ0n) is 15.0. The van der Waals surface area contributed by atoms with Gasteiger partial charge in [0.25, 0.3) is 15.9 Å². The smallest absolute Gasteiger partial charge is 0.261 e. The lowest BCUT2D eigenvalue weighted by molar-refractivity contribution is 0.101. The van der Waals surface area contributed by atoms with E-state index in [0.717, 1.165) is 0 Å². The van der Waals surface area contributed by atoms with E-state index in [1.54, 1.807) is 54.6 Å². The third-order valence-corrected chi connectivity index (χ3v) is 5.38. The molecule has 2 N–H and O–H groups in total.